The van der Waals surface area contributed by atoms with E-state index < -0.39 is 21.8 Å². The number of hydrogen-bond acceptors (Lipinski definition) is 5. The minimum absolute atomic E-state index is 0.0725. The quantitative estimate of drug-likeness (QED) is 0.525. The van der Waals surface area contributed by atoms with Gasteiger partial charge in [-0.05, 0) is 54.1 Å². The maximum Gasteiger partial charge on any atom is 0.310 e. The average Bonchev–Trinajstić information content (AvgIpc) is 2.79. The monoisotopic (exact) mass is 456 g/mol. The minimum atomic E-state index is -3.87. The lowest BCUT2D eigenvalue weighted by molar-refractivity contribution is -0.147. The van der Waals surface area contributed by atoms with Gasteiger partial charge in [0.15, 0.2) is 6.61 Å². The van der Waals surface area contributed by atoms with Crippen LogP contribution in [0.5, 0.6) is 0 Å². The van der Waals surface area contributed by atoms with Crippen LogP contribution in [0.15, 0.2) is 83.8 Å². The van der Waals surface area contributed by atoms with Crippen molar-refractivity contribution in [3.63, 3.8) is 0 Å². The Hall–Kier alpha value is -3.72. The third kappa shape index (κ3) is 6.14. The second-order valence-corrected chi connectivity index (χ2v) is 8.56. The van der Waals surface area contributed by atoms with Gasteiger partial charge in [-0.2, -0.15) is 0 Å². The van der Waals surface area contributed by atoms with Gasteiger partial charge in [0.2, 0.25) is 0 Å². The first-order valence-electron chi connectivity index (χ1n) is 9.59. The molecule has 0 saturated heterocycles. The van der Waals surface area contributed by atoms with Crippen LogP contribution in [0.25, 0.3) is 0 Å². The lowest BCUT2D eigenvalue weighted by Gasteiger charge is -2.17. The van der Waals surface area contributed by atoms with Crippen LogP contribution in [0.3, 0.4) is 0 Å². The van der Waals surface area contributed by atoms with Crippen LogP contribution in [0.2, 0.25) is 0 Å². The first-order valence-corrected chi connectivity index (χ1v) is 11.1. The number of amides is 1. The third-order valence-electron chi connectivity index (χ3n) is 4.55. The predicted octanol–water partition coefficient (Wildman–Crippen LogP) is 3.38. The van der Waals surface area contributed by atoms with E-state index >= 15 is 0 Å². The van der Waals surface area contributed by atoms with Crippen molar-refractivity contribution in [1.29, 1.82) is 0 Å². The summed E-state index contributed by atoms with van der Waals surface area (Å²) in [5, 5.41) is 0. The molecule has 0 aliphatic heterocycles. The maximum absolute atomic E-state index is 13.0. The van der Waals surface area contributed by atoms with E-state index in [1.165, 1.54) is 29.2 Å². The van der Waals surface area contributed by atoms with Crippen molar-refractivity contribution in [2.75, 3.05) is 23.3 Å². The summed E-state index contributed by atoms with van der Waals surface area (Å²) in [5.41, 5.74) is 1.56. The normalized spacial score (nSPS) is 10.9. The summed E-state index contributed by atoms with van der Waals surface area (Å²) >= 11 is 0. The number of hydrogen-bond donors (Lipinski definition) is 1. The summed E-state index contributed by atoms with van der Waals surface area (Å²) in [4.78, 5) is 25.6. The molecule has 7 nitrogen and oxygen atoms in total. The number of nitrogens with zero attached hydrogens (tertiary/aromatic N) is 1. The van der Waals surface area contributed by atoms with E-state index in [1.807, 2.05) is 6.07 Å². The van der Waals surface area contributed by atoms with Gasteiger partial charge in [0.05, 0.1) is 11.3 Å². The molecule has 166 valence electrons. The van der Waals surface area contributed by atoms with E-state index in [-0.39, 0.29) is 29.5 Å². The van der Waals surface area contributed by atoms with Crippen LogP contribution in [0.1, 0.15) is 5.56 Å². The Bertz CT molecular complexity index is 1180. The Morgan fingerprint density at radius 2 is 1.56 bits per heavy atom. The number of anilines is 2. The van der Waals surface area contributed by atoms with Gasteiger partial charge >= 0.3 is 5.97 Å². The summed E-state index contributed by atoms with van der Waals surface area (Å²) in [5.74, 6) is -1.48. The molecule has 0 radical (unpaired) electrons. The molecular formula is C23H21FN2O5S. The molecule has 0 bridgehead atoms. The molecule has 0 fully saturated rings. The van der Waals surface area contributed by atoms with E-state index in [2.05, 4.69) is 4.72 Å². The second kappa shape index (κ2) is 10.1. The lowest BCUT2D eigenvalue weighted by Crippen LogP contribution is -2.31. The van der Waals surface area contributed by atoms with Crippen LogP contribution in [-0.2, 0) is 30.8 Å². The van der Waals surface area contributed by atoms with Gasteiger partial charge in [-0.25, -0.2) is 12.8 Å². The van der Waals surface area contributed by atoms with Crippen LogP contribution in [-0.4, -0.2) is 33.9 Å². The van der Waals surface area contributed by atoms with Crippen molar-refractivity contribution < 1.29 is 27.1 Å². The number of nitrogens with one attached hydrogen (secondary N) is 1. The topological polar surface area (TPSA) is 92.8 Å². The van der Waals surface area contributed by atoms with Gasteiger partial charge in [0, 0.05) is 18.4 Å². The standard InChI is InChI=1S/C23H21FN2O5S/c1-26(20-5-3-2-4-6-20)22(27)16-31-23(28)15-17-7-11-19(12-8-17)25-32(29,30)21-13-9-18(24)10-14-21/h2-14,25H,15-16H2,1H3. The summed E-state index contributed by atoms with van der Waals surface area (Å²) in [7, 11) is -2.27. The Kier molecular flexibility index (Phi) is 7.21. The van der Waals surface area contributed by atoms with E-state index in [1.54, 1.807) is 43.4 Å². The molecule has 0 heterocycles. The van der Waals surface area contributed by atoms with Crippen LogP contribution in [0, 0.1) is 5.82 Å². The molecule has 3 rings (SSSR count). The van der Waals surface area contributed by atoms with Crippen molar-refractivity contribution in [1.82, 2.24) is 0 Å². The number of carbonyl (C=O) groups excluding carboxylic acids is 2. The Morgan fingerprint density at radius 1 is 0.938 bits per heavy atom. The smallest absolute Gasteiger partial charge is 0.310 e. The Balaban J connectivity index is 1.52. The number of carbonyl (C=O) groups is 2. The molecule has 3 aromatic carbocycles. The molecule has 1 amide bonds. The van der Waals surface area contributed by atoms with E-state index in [4.69, 9.17) is 4.74 Å². The number of halogens is 1. The summed E-state index contributed by atoms with van der Waals surface area (Å²) in [6.45, 7) is -0.389. The molecule has 0 unspecified atom stereocenters. The number of para-hydroxylation sites is 1. The molecule has 1 N–H and O–H groups in total. The zero-order valence-corrected chi connectivity index (χ0v) is 18.0. The highest BCUT2D eigenvalue weighted by atomic mass is 32.2. The Labute approximate surface area is 185 Å². The number of rotatable bonds is 8. The lowest BCUT2D eigenvalue weighted by atomic mass is 10.1. The van der Waals surface area contributed by atoms with Crippen molar-refractivity contribution in [3.05, 3.63) is 90.2 Å². The molecule has 9 heteroatoms. The fourth-order valence-corrected chi connectivity index (χ4v) is 3.83. The first kappa shape index (κ1) is 23.0. The van der Waals surface area contributed by atoms with Crippen molar-refractivity contribution in [3.8, 4) is 0 Å². The largest absolute Gasteiger partial charge is 0.455 e. The molecule has 32 heavy (non-hydrogen) atoms. The second-order valence-electron chi connectivity index (χ2n) is 6.88. The molecule has 0 aliphatic carbocycles. The van der Waals surface area contributed by atoms with Gasteiger partial charge in [-0.3, -0.25) is 14.3 Å². The van der Waals surface area contributed by atoms with E-state index in [9.17, 15) is 22.4 Å². The summed E-state index contributed by atoms with van der Waals surface area (Å²) < 4.78 is 45.1. The molecule has 0 aromatic heterocycles. The number of likely N-dealkylation sites (N-methyl/N-ethyl adjacent to an activating group) is 1. The van der Waals surface area contributed by atoms with E-state index in [0.29, 0.717) is 11.3 Å². The van der Waals surface area contributed by atoms with Gasteiger partial charge in [0.1, 0.15) is 5.82 Å². The molecule has 3 aromatic rings. The zero-order valence-electron chi connectivity index (χ0n) is 17.2. The third-order valence-corrected chi connectivity index (χ3v) is 5.95. The summed E-state index contributed by atoms with van der Waals surface area (Å²) in [6.07, 6.45) is -0.0761. The van der Waals surface area contributed by atoms with Crippen LogP contribution in [0.4, 0.5) is 15.8 Å². The SMILES string of the molecule is CN(C(=O)COC(=O)Cc1ccc(NS(=O)(=O)c2ccc(F)cc2)cc1)c1ccccc1. The average molecular weight is 456 g/mol. The van der Waals surface area contributed by atoms with Gasteiger partial charge < -0.3 is 9.64 Å². The summed E-state index contributed by atoms with van der Waals surface area (Å²) in [6, 6.07) is 19.6. The molecule has 0 saturated carbocycles. The van der Waals surface area contributed by atoms with Crippen LogP contribution < -0.4 is 9.62 Å². The molecular weight excluding hydrogens is 435 g/mol. The minimum Gasteiger partial charge on any atom is -0.455 e. The van der Waals surface area contributed by atoms with Gasteiger partial charge in [0.25, 0.3) is 15.9 Å². The number of esters is 1. The highest BCUT2D eigenvalue weighted by molar-refractivity contribution is 7.92. The highest BCUT2D eigenvalue weighted by Crippen LogP contribution is 2.17. The maximum atomic E-state index is 13.0. The van der Waals surface area contributed by atoms with Crippen molar-refractivity contribution >= 4 is 33.3 Å². The molecule has 0 spiro atoms. The van der Waals surface area contributed by atoms with Gasteiger partial charge in [-0.1, -0.05) is 30.3 Å². The van der Waals surface area contributed by atoms with Crippen LogP contribution >= 0.6 is 0 Å². The first-order chi connectivity index (χ1) is 15.2. The fourth-order valence-electron chi connectivity index (χ4n) is 2.77. The molecule has 0 atom stereocenters. The Morgan fingerprint density at radius 3 is 2.19 bits per heavy atom. The highest BCUT2D eigenvalue weighted by Gasteiger charge is 2.16. The zero-order chi connectivity index (χ0) is 23.1. The molecule has 0 aliphatic rings. The number of benzene rings is 3. The van der Waals surface area contributed by atoms with Crippen molar-refractivity contribution in [2.24, 2.45) is 0 Å². The van der Waals surface area contributed by atoms with Crippen molar-refractivity contribution in [2.45, 2.75) is 11.3 Å². The number of sulfonamides is 1. The predicted molar refractivity (Wildman–Crippen MR) is 118 cm³/mol. The van der Waals surface area contributed by atoms with Gasteiger partial charge in [-0.15, -0.1) is 0 Å². The fraction of sp³-hybridized carbons (Fsp3) is 0.130. The number of ether oxygens (including phenoxy) is 1. The van der Waals surface area contributed by atoms with E-state index in [0.717, 1.165) is 12.1 Å².